The molecule has 0 aromatic heterocycles. The van der Waals surface area contributed by atoms with E-state index in [-0.39, 0.29) is 10.5 Å². The third kappa shape index (κ3) is 3.25. The molecule has 0 spiro atoms. The highest BCUT2D eigenvalue weighted by molar-refractivity contribution is 8.72. The first-order valence-electron chi connectivity index (χ1n) is 4.20. The van der Waals surface area contributed by atoms with E-state index in [0.29, 0.717) is 5.75 Å². The molecule has 1 rings (SSSR count). The molecular formula is C9H10O3S3. The number of hydrogen-bond acceptors (Lipinski definition) is 4. The third-order valence-electron chi connectivity index (χ3n) is 1.64. The molecule has 0 atom stereocenters. The molecule has 1 aromatic rings. The van der Waals surface area contributed by atoms with Crippen molar-refractivity contribution in [3.05, 3.63) is 29.8 Å². The Kier molecular flexibility index (Phi) is 4.24. The van der Waals surface area contributed by atoms with Gasteiger partial charge < -0.3 is 0 Å². The Balaban J connectivity index is 3.16. The predicted octanol–water partition coefficient (Wildman–Crippen LogP) is 2.20. The van der Waals surface area contributed by atoms with Gasteiger partial charge in [-0.2, -0.15) is 0 Å². The summed E-state index contributed by atoms with van der Waals surface area (Å²) in [5, 5.41) is -0.437. The Morgan fingerprint density at radius 2 is 2.13 bits per heavy atom. The molecule has 0 saturated heterocycles. The molecule has 3 nitrogen and oxygen atoms in total. The standard InChI is InChI=1S/C9H10O3S3/c1-2-14-15(11,12)8-5-3-4-7(6-8)9(10)13/h3-6H,2H2,1H3,(H,10,13). The van der Waals surface area contributed by atoms with Crippen molar-refractivity contribution in [2.45, 2.75) is 11.8 Å². The van der Waals surface area contributed by atoms with Gasteiger partial charge in [0.15, 0.2) is 0 Å². The van der Waals surface area contributed by atoms with E-state index < -0.39 is 14.0 Å². The molecule has 0 bridgehead atoms. The van der Waals surface area contributed by atoms with Crippen molar-refractivity contribution in [3.63, 3.8) is 0 Å². The zero-order valence-electron chi connectivity index (χ0n) is 8.00. The molecule has 0 amide bonds. The second kappa shape index (κ2) is 5.05. The lowest BCUT2D eigenvalue weighted by molar-refractivity contribution is 0.109. The molecule has 6 heteroatoms. The summed E-state index contributed by atoms with van der Waals surface area (Å²) in [5.74, 6) is 0.474. The molecule has 0 unspecified atom stereocenters. The lowest BCUT2D eigenvalue weighted by Crippen LogP contribution is -1.98. The van der Waals surface area contributed by atoms with Crippen LogP contribution >= 0.6 is 23.4 Å². The lowest BCUT2D eigenvalue weighted by Gasteiger charge is -2.02. The summed E-state index contributed by atoms with van der Waals surface area (Å²) in [4.78, 5) is 11.1. The Labute approximate surface area is 98.0 Å². The fourth-order valence-electron chi connectivity index (χ4n) is 1.01. The maximum atomic E-state index is 11.6. The van der Waals surface area contributed by atoms with Gasteiger partial charge >= 0.3 is 0 Å². The van der Waals surface area contributed by atoms with Crippen molar-refractivity contribution in [3.8, 4) is 0 Å². The second-order valence-electron chi connectivity index (χ2n) is 2.69. The minimum atomic E-state index is -3.34. The van der Waals surface area contributed by atoms with E-state index in [2.05, 4.69) is 12.6 Å². The van der Waals surface area contributed by atoms with Gasteiger partial charge in [-0.1, -0.05) is 19.1 Å². The van der Waals surface area contributed by atoms with Crippen LogP contribution in [-0.2, 0) is 8.87 Å². The van der Waals surface area contributed by atoms with Gasteiger partial charge in [-0.05, 0) is 22.9 Å². The zero-order chi connectivity index (χ0) is 11.5. The van der Waals surface area contributed by atoms with E-state index in [1.807, 2.05) is 0 Å². The van der Waals surface area contributed by atoms with E-state index in [9.17, 15) is 13.2 Å². The van der Waals surface area contributed by atoms with Crippen LogP contribution in [0.1, 0.15) is 17.3 Å². The number of carbonyl (C=O) groups excluding carboxylic acids is 1. The molecule has 0 fully saturated rings. The summed E-state index contributed by atoms with van der Waals surface area (Å²) in [6.07, 6.45) is 0. The summed E-state index contributed by atoms with van der Waals surface area (Å²) in [6, 6.07) is 5.88. The molecule has 0 heterocycles. The molecule has 0 saturated carbocycles. The van der Waals surface area contributed by atoms with Gasteiger partial charge in [0.05, 0.1) is 4.90 Å². The fraction of sp³-hybridized carbons (Fsp3) is 0.222. The van der Waals surface area contributed by atoms with Crippen LogP contribution in [0.4, 0.5) is 0 Å². The molecule has 15 heavy (non-hydrogen) atoms. The smallest absolute Gasteiger partial charge is 0.230 e. The number of benzene rings is 1. The van der Waals surface area contributed by atoms with E-state index in [1.54, 1.807) is 6.92 Å². The average molecular weight is 262 g/mol. The van der Waals surface area contributed by atoms with Gasteiger partial charge in [0.1, 0.15) is 0 Å². The Bertz CT molecular complexity index is 465. The molecule has 0 aliphatic carbocycles. The molecule has 82 valence electrons. The number of carbonyl (C=O) groups is 1. The Morgan fingerprint density at radius 1 is 1.47 bits per heavy atom. The summed E-state index contributed by atoms with van der Waals surface area (Å²) < 4.78 is 23.3. The van der Waals surface area contributed by atoms with Crippen LogP contribution < -0.4 is 0 Å². The zero-order valence-corrected chi connectivity index (χ0v) is 10.5. The van der Waals surface area contributed by atoms with Gasteiger partial charge in [0, 0.05) is 11.3 Å². The van der Waals surface area contributed by atoms with E-state index in [0.717, 1.165) is 10.8 Å². The number of hydrogen-bond donors (Lipinski definition) is 1. The lowest BCUT2D eigenvalue weighted by atomic mass is 10.2. The normalized spacial score (nSPS) is 11.3. The summed E-state index contributed by atoms with van der Waals surface area (Å²) in [6.45, 7) is 1.76. The first kappa shape index (κ1) is 12.6. The minimum Gasteiger partial charge on any atom is -0.282 e. The molecule has 1 aromatic carbocycles. The van der Waals surface area contributed by atoms with Crippen molar-refractivity contribution in [1.82, 2.24) is 0 Å². The molecule has 0 aliphatic heterocycles. The van der Waals surface area contributed by atoms with Crippen LogP contribution in [0.25, 0.3) is 0 Å². The van der Waals surface area contributed by atoms with Gasteiger partial charge in [-0.25, -0.2) is 8.42 Å². The molecular weight excluding hydrogens is 252 g/mol. The first-order chi connectivity index (χ1) is 6.97. The van der Waals surface area contributed by atoms with Crippen molar-refractivity contribution in [2.24, 2.45) is 0 Å². The highest BCUT2D eigenvalue weighted by atomic mass is 33.1. The first-order valence-corrected chi connectivity index (χ1v) is 7.63. The quantitative estimate of drug-likeness (QED) is 0.667. The summed E-state index contributed by atoms with van der Waals surface area (Å²) >= 11 is 3.64. The van der Waals surface area contributed by atoms with E-state index >= 15 is 0 Å². The van der Waals surface area contributed by atoms with Gasteiger partial charge in [0.25, 0.3) is 0 Å². The fourth-order valence-corrected chi connectivity index (χ4v) is 3.76. The monoisotopic (exact) mass is 262 g/mol. The maximum absolute atomic E-state index is 11.6. The predicted molar refractivity (Wildman–Crippen MR) is 65.1 cm³/mol. The van der Waals surface area contributed by atoms with Crippen LogP contribution in [0.2, 0.25) is 0 Å². The van der Waals surface area contributed by atoms with Gasteiger partial charge in [-0.15, -0.1) is 12.6 Å². The number of rotatable bonds is 4. The molecule has 0 aliphatic rings. The van der Waals surface area contributed by atoms with Gasteiger partial charge in [-0.3, -0.25) is 4.79 Å². The highest BCUT2D eigenvalue weighted by Gasteiger charge is 2.15. The van der Waals surface area contributed by atoms with Crippen molar-refractivity contribution in [2.75, 3.05) is 5.75 Å². The summed E-state index contributed by atoms with van der Waals surface area (Å²) in [7, 11) is -2.49. The van der Waals surface area contributed by atoms with Gasteiger partial charge in [0.2, 0.25) is 14.0 Å². The molecule has 0 N–H and O–H groups in total. The number of thiol groups is 1. The maximum Gasteiger partial charge on any atom is 0.230 e. The highest BCUT2D eigenvalue weighted by Crippen LogP contribution is 2.23. The largest absolute Gasteiger partial charge is 0.282 e. The molecule has 0 radical (unpaired) electrons. The summed E-state index contributed by atoms with van der Waals surface area (Å²) in [5.41, 5.74) is 0.288. The Morgan fingerprint density at radius 3 is 2.67 bits per heavy atom. The van der Waals surface area contributed by atoms with Crippen LogP contribution in [0.15, 0.2) is 29.2 Å². The van der Waals surface area contributed by atoms with Crippen LogP contribution in [0, 0.1) is 0 Å². The average Bonchev–Trinajstić information content (AvgIpc) is 2.18. The van der Waals surface area contributed by atoms with E-state index in [1.165, 1.54) is 24.3 Å². The van der Waals surface area contributed by atoms with Crippen LogP contribution in [0.5, 0.6) is 0 Å². The topological polar surface area (TPSA) is 51.2 Å². The third-order valence-corrected chi connectivity index (χ3v) is 5.49. The van der Waals surface area contributed by atoms with Crippen molar-refractivity contribution in [1.29, 1.82) is 0 Å². The van der Waals surface area contributed by atoms with E-state index in [4.69, 9.17) is 0 Å². The van der Waals surface area contributed by atoms with Crippen molar-refractivity contribution < 1.29 is 13.2 Å². The SMILES string of the molecule is CCSS(=O)(=O)c1cccc(C(=O)S)c1. The second-order valence-corrected chi connectivity index (χ2v) is 7.32. The van der Waals surface area contributed by atoms with Crippen LogP contribution in [-0.4, -0.2) is 19.3 Å². The van der Waals surface area contributed by atoms with Crippen molar-refractivity contribution >= 4 is 37.4 Å². The Hall–Kier alpha value is -0.460. The minimum absolute atomic E-state index is 0.147. The van der Waals surface area contributed by atoms with Crippen LogP contribution in [0.3, 0.4) is 0 Å².